The maximum absolute atomic E-state index is 11.2. The van der Waals surface area contributed by atoms with E-state index < -0.39 is 38.7 Å². The molecule has 2 N–H and O–H groups in total. The molecule has 2 aromatic carbocycles. The fourth-order valence-corrected chi connectivity index (χ4v) is 2.05. The van der Waals surface area contributed by atoms with Crippen molar-refractivity contribution in [2.24, 2.45) is 0 Å². The summed E-state index contributed by atoms with van der Waals surface area (Å²) in [5.74, 6) is -3.14. The quantitative estimate of drug-likeness (QED) is 0.640. The van der Waals surface area contributed by atoms with Crippen LogP contribution in [0.5, 0.6) is 0 Å². The molecule has 2 aromatic rings. The highest BCUT2D eigenvalue weighted by Crippen LogP contribution is 2.37. The summed E-state index contributed by atoms with van der Waals surface area (Å²) in [5, 5.41) is 39.7. The van der Waals surface area contributed by atoms with E-state index in [9.17, 15) is 29.8 Å². The molecule has 0 aliphatic heterocycles. The van der Waals surface area contributed by atoms with Crippen LogP contribution in [0.15, 0.2) is 24.3 Å². The number of aromatic carboxylic acids is 2. The van der Waals surface area contributed by atoms with Gasteiger partial charge in [0, 0.05) is 6.07 Å². The maximum atomic E-state index is 11.2. The van der Waals surface area contributed by atoms with Gasteiger partial charge in [0.25, 0.3) is 11.4 Å². The van der Waals surface area contributed by atoms with Crippen LogP contribution >= 0.6 is 0 Å². The van der Waals surface area contributed by atoms with Gasteiger partial charge in [0.15, 0.2) is 0 Å². The summed E-state index contributed by atoms with van der Waals surface area (Å²) in [6.45, 7) is 0. The highest BCUT2D eigenvalue weighted by atomic mass is 16.6. The minimum absolute atomic E-state index is 0.108. The summed E-state index contributed by atoms with van der Waals surface area (Å²) in [6, 6.07) is 3.91. The van der Waals surface area contributed by atoms with Crippen LogP contribution in [0.1, 0.15) is 20.7 Å². The molecule has 0 spiro atoms. The highest BCUT2D eigenvalue weighted by Gasteiger charge is 2.33. The van der Waals surface area contributed by atoms with Crippen molar-refractivity contribution >= 4 is 34.1 Å². The largest absolute Gasteiger partial charge is 0.478 e. The predicted molar refractivity (Wildman–Crippen MR) is 71.2 cm³/mol. The van der Waals surface area contributed by atoms with Gasteiger partial charge >= 0.3 is 11.9 Å². The van der Waals surface area contributed by atoms with Crippen molar-refractivity contribution in [3.05, 3.63) is 55.6 Å². The Balaban J connectivity index is 3.02. The molecule has 0 aliphatic carbocycles. The third kappa shape index (κ3) is 2.28. The average molecular weight is 306 g/mol. The van der Waals surface area contributed by atoms with Crippen molar-refractivity contribution in [2.75, 3.05) is 0 Å². The lowest BCUT2D eigenvalue weighted by Crippen LogP contribution is -2.08. The Morgan fingerprint density at radius 1 is 0.955 bits per heavy atom. The first kappa shape index (κ1) is 14.8. The molecule has 0 aliphatic rings. The van der Waals surface area contributed by atoms with Crippen molar-refractivity contribution in [3.8, 4) is 0 Å². The third-order valence-corrected chi connectivity index (χ3v) is 2.93. The van der Waals surface area contributed by atoms with E-state index in [2.05, 4.69) is 0 Å². The molecule has 0 fully saturated rings. The van der Waals surface area contributed by atoms with Crippen LogP contribution in [-0.2, 0) is 0 Å². The second-order valence-electron chi connectivity index (χ2n) is 4.18. The number of carboxylic acid groups (broad SMARTS) is 2. The van der Waals surface area contributed by atoms with Crippen LogP contribution in [0.2, 0.25) is 0 Å². The molecule has 0 unspecified atom stereocenters. The van der Waals surface area contributed by atoms with Crippen LogP contribution in [0, 0.1) is 20.2 Å². The molecule has 0 saturated heterocycles. The van der Waals surface area contributed by atoms with Gasteiger partial charge in [0.2, 0.25) is 5.56 Å². The van der Waals surface area contributed by atoms with Gasteiger partial charge in [-0.3, -0.25) is 20.2 Å². The Hall–Kier alpha value is -3.56. The van der Waals surface area contributed by atoms with Gasteiger partial charge in [-0.25, -0.2) is 9.59 Å². The van der Waals surface area contributed by atoms with E-state index in [0.717, 1.165) is 24.3 Å². The minimum atomic E-state index is -1.82. The molecule has 2 rings (SSSR count). The first-order chi connectivity index (χ1) is 10.2. The van der Waals surface area contributed by atoms with E-state index in [0.29, 0.717) is 0 Å². The third-order valence-electron chi connectivity index (χ3n) is 2.93. The van der Waals surface area contributed by atoms with Crippen LogP contribution in [-0.4, -0.2) is 32.0 Å². The van der Waals surface area contributed by atoms with Crippen molar-refractivity contribution in [1.29, 1.82) is 0 Å². The molecule has 0 radical (unpaired) electrons. The summed E-state index contributed by atoms with van der Waals surface area (Å²) in [7, 11) is 0. The van der Waals surface area contributed by atoms with Crippen molar-refractivity contribution in [1.82, 2.24) is 0 Å². The highest BCUT2D eigenvalue weighted by molar-refractivity contribution is 6.08. The van der Waals surface area contributed by atoms with Crippen LogP contribution < -0.4 is 0 Å². The molecule has 0 aromatic heterocycles. The van der Waals surface area contributed by atoms with Gasteiger partial charge in [0.05, 0.1) is 20.8 Å². The number of carbonyl (C=O) groups is 2. The lowest BCUT2D eigenvalue weighted by atomic mass is 10.00. The molecule has 10 heteroatoms. The zero-order valence-electron chi connectivity index (χ0n) is 10.5. The molecular formula is C12H6N2O8. The van der Waals surface area contributed by atoms with E-state index in [1.54, 1.807) is 0 Å². The van der Waals surface area contributed by atoms with Gasteiger partial charge in [-0.15, -0.1) is 0 Å². The van der Waals surface area contributed by atoms with E-state index in [-0.39, 0.29) is 16.3 Å². The number of benzene rings is 2. The zero-order valence-corrected chi connectivity index (χ0v) is 10.5. The smallest absolute Gasteiger partial charge is 0.349 e. The second-order valence-corrected chi connectivity index (χ2v) is 4.18. The van der Waals surface area contributed by atoms with Crippen molar-refractivity contribution in [3.63, 3.8) is 0 Å². The first-order valence-electron chi connectivity index (χ1n) is 5.60. The fourth-order valence-electron chi connectivity index (χ4n) is 2.05. The second kappa shape index (κ2) is 5.09. The summed E-state index contributed by atoms with van der Waals surface area (Å²) >= 11 is 0. The van der Waals surface area contributed by atoms with E-state index in [4.69, 9.17) is 10.2 Å². The van der Waals surface area contributed by atoms with Gasteiger partial charge in [-0.05, 0) is 23.6 Å². The molecule has 0 heterocycles. The Kier molecular flexibility index (Phi) is 3.43. The molecule has 112 valence electrons. The number of fused-ring (bicyclic) bond motifs is 1. The molecule has 0 bridgehead atoms. The summed E-state index contributed by atoms with van der Waals surface area (Å²) in [4.78, 5) is 42.1. The van der Waals surface area contributed by atoms with Crippen LogP contribution in [0.3, 0.4) is 0 Å². The summed E-state index contributed by atoms with van der Waals surface area (Å²) < 4.78 is 0. The Bertz CT molecular complexity index is 858. The summed E-state index contributed by atoms with van der Waals surface area (Å²) in [6.07, 6.45) is 0. The molecule has 0 amide bonds. The van der Waals surface area contributed by atoms with Crippen LogP contribution in [0.4, 0.5) is 11.4 Å². The van der Waals surface area contributed by atoms with E-state index in [1.807, 2.05) is 0 Å². The lowest BCUT2D eigenvalue weighted by Gasteiger charge is -2.05. The molecular weight excluding hydrogens is 300 g/mol. The Labute approximate surface area is 120 Å². The normalized spacial score (nSPS) is 10.4. The molecule has 10 nitrogen and oxygen atoms in total. The van der Waals surface area contributed by atoms with Gasteiger partial charge in [-0.2, -0.15) is 0 Å². The van der Waals surface area contributed by atoms with Gasteiger partial charge in [-0.1, -0.05) is 0 Å². The molecule has 22 heavy (non-hydrogen) atoms. The zero-order chi connectivity index (χ0) is 16.6. The van der Waals surface area contributed by atoms with Crippen molar-refractivity contribution < 1.29 is 29.6 Å². The lowest BCUT2D eigenvalue weighted by molar-refractivity contribution is -0.393. The number of rotatable bonds is 4. The topological polar surface area (TPSA) is 161 Å². The molecule has 0 atom stereocenters. The summed E-state index contributed by atoms with van der Waals surface area (Å²) in [5.41, 5.74) is -3.22. The number of carboxylic acids is 2. The minimum Gasteiger partial charge on any atom is -0.478 e. The number of hydrogen-bond donors (Lipinski definition) is 2. The van der Waals surface area contributed by atoms with Crippen LogP contribution in [0.25, 0.3) is 10.8 Å². The number of hydrogen-bond acceptors (Lipinski definition) is 6. The molecule has 0 saturated carbocycles. The number of nitro benzene ring substituents is 2. The SMILES string of the molecule is O=C(O)c1ccc2c([N+](=O)[O-])c(C(=O)O)c([N+](=O)[O-])cc2c1. The maximum Gasteiger partial charge on any atom is 0.349 e. The van der Waals surface area contributed by atoms with Crippen molar-refractivity contribution in [2.45, 2.75) is 0 Å². The Morgan fingerprint density at radius 2 is 1.59 bits per heavy atom. The predicted octanol–water partition coefficient (Wildman–Crippen LogP) is 2.05. The monoisotopic (exact) mass is 306 g/mol. The number of nitro groups is 2. The van der Waals surface area contributed by atoms with E-state index >= 15 is 0 Å². The fraction of sp³-hybridized carbons (Fsp3) is 0. The van der Waals surface area contributed by atoms with Gasteiger partial charge < -0.3 is 10.2 Å². The Morgan fingerprint density at radius 3 is 2.05 bits per heavy atom. The van der Waals surface area contributed by atoms with E-state index in [1.165, 1.54) is 0 Å². The first-order valence-corrected chi connectivity index (χ1v) is 5.60. The standard InChI is InChI=1S/C12H6N2O8/c15-11(16)5-1-2-7-6(3-5)4-8(13(19)20)9(12(17)18)10(7)14(21)22/h1-4H,(H,15,16)(H,17,18). The number of nitrogens with zero attached hydrogens (tertiary/aromatic N) is 2. The van der Waals surface area contributed by atoms with Gasteiger partial charge in [0.1, 0.15) is 0 Å². The average Bonchev–Trinajstić information content (AvgIpc) is 2.43.